The molecule has 0 spiro atoms. The highest BCUT2D eigenvalue weighted by molar-refractivity contribution is 9.10. The third-order valence-electron chi connectivity index (χ3n) is 7.83. The summed E-state index contributed by atoms with van der Waals surface area (Å²) in [6, 6.07) is 29.0. The van der Waals surface area contributed by atoms with Crippen LogP contribution in [0.2, 0.25) is 0 Å². The molecule has 3 nitrogen and oxygen atoms in total. The summed E-state index contributed by atoms with van der Waals surface area (Å²) in [5.41, 5.74) is 7.63. The fourth-order valence-corrected chi connectivity index (χ4v) is 6.56. The van der Waals surface area contributed by atoms with Crippen LogP contribution >= 0.6 is 31.9 Å². The number of hydrogen-bond donors (Lipinski definition) is 1. The van der Waals surface area contributed by atoms with E-state index in [1.54, 1.807) is 0 Å². The molecule has 0 aliphatic heterocycles. The molecule has 0 unspecified atom stereocenters. The van der Waals surface area contributed by atoms with Crippen molar-refractivity contribution in [1.29, 1.82) is 0 Å². The fraction of sp³-hybridized carbons (Fsp3) is 0.156. The van der Waals surface area contributed by atoms with Gasteiger partial charge in [0.15, 0.2) is 0 Å². The molecule has 1 N–H and O–H groups in total. The number of halogens is 2. The minimum Gasteiger partial charge on any atom is -0.321 e. The molecule has 6 rings (SSSR count). The number of rotatable bonds is 5. The van der Waals surface area contributed by atoms with E-state index in [4.69, 9.17) is 0 Å². The van der Waals surface area contributed by atoms with Crippen LogP contribution in [0.15, 0.2) is 100 Å². The molecule has 1 aliphatic carbocycles. The molecule has 0 radical (unpaired) electrons. The lowest BCUT2D eigenvalue weighted by atomic mass is 9.74. The van der Waals surface area contributed by atoms with Gasteiger partial charge < -0.3 is 9.88 Å². The van der Waals surface area contributed by atoms with Gasteiger partial charge in [-0.15, -0.1) is 0 Å². The van der Waals surface area contributed by atoms with Crippen molar-refractivity contribution in [2.45, 2.75) is 32.1 Å². The predicted molar refractivity (Wildman–Crippen MR) is 160 cm³/mol. The summed E-state index contributed by atoms with van der Waals surface area (Å²) >= 11 is 7.16. The molecule has 0 saturated carbocycles. The van der Waals surface area contributed by atoms with Crippen LogP contribution in [-0.2, 0) is 5.41 Å². The normalized spacial score (nSPS) is 13.4. The SMILES string of the molecule is CCC1(CC)c2cc(Br)ccc2-c2ccc(-n3cc4ccccc4c3C(=O)Nc3ccc(Br)cc3)cc21. The number of hydrogen-bond acceptors (Lipinski definition) is 1. The number of nitrogens with one attached hydrogen (secondary N) is 1. The van der Waals surface area contributed by atoms with E-state index in [1.807, 2.05) is 47.0 Å². The second-order valence-corrected chi connectivity index (χ2v) is 11.4. The third kappa shape index (κ3) is 3.87. The second kappa shape index (κ2) is 9.30. The number of benzene rings is 4. The van der Waals surface area contributed by atoms with Crippen LogP contribution in [0.3, 0.4) is 0 Å². The molecule has 4 aromatic carbocycles. The molecule has 0 fully saturated rings. The van der Waals surface area contributed by atoms with Gasteiger partial charge in [0.25, 0.3) is 5.91 Å². The maximum atomic E-state index is 13.7. The van der Waals surface area contributed by atoms with Crippen LogP contribution in [0, 0.1) is 0 Å². The number of nitrogens with zero attached hydrogens (tertiary/aromatic N) is 1. The molecule has 37 heavy (non-hydrogen) atoms. The van der Waals surface area contributed by atoms with Gasteiger partial charge in [-0.05, 0) is 83.6 Å². The number of carbonyl (C=O) groups excluding carboxylic acids is 1. The molecule has 1 aliphatic rings. The summed E-state index contributed by atoms with van der Waals surface area (Å²) in [5, 5.41) is 5.07. The van der Waals surface area contributed by atoms with Gasteiger partial charge in [-0.1, -0.05) is 82.1 Å². The quantitative estimate of drug-likeness (QED) is 0.210. The standard InChI is InChI=1S/C32H26Br2N2O/c1-3-32(4-2)28-17-22(34)11-15-26(28)27-16-14-24(18-29(27)32)36-19-20-7-5-6-8-25(20)30(36)31(37)35-23-12-9-21(33)10-13-23/h5-19H,3-4H2,1-2H3,(H,35,37). The van der Waals surface area contributed by atoms with Gasteiger partial charge in [-0.2, -0.15) is 0 Å². The monoisotopic (exact) mass is 612 g/mol. The Hall–Kier alpha value is -3.15. The van der Waals surface area contributed by atoms with E-state index in [9.17, 15) is 4.79 Å². The average Bonchev–Trinajstić information content (AvgIpc) is 3.43. The zero-order valence-electron chi connectivity index (χ0n) is 20.7. The van der Waals surface area contributed by atoms with E-state index in [1.165, 1.54) is 22.3 Å². The molecule has 1 amide bonds. The van der Waals surface area contributed by atoms with Gasteiger partial charge in [0.05, 0.1) is 0 Å². The molecule has 0 atom stereocenters. The van der Waals surface area contributed by atoms with E-state index < -0.39 is 0 Å². The molecule has 0 saturated heterocycles. The first-order valence-corrected chi connectivity index (χ1v) is 14.2. The number of amides is 1. The van der Waals surface area contributed by atoms with Crippen molar-refractivity contribution < 1.29 is 4.79 Å². The molecule has 5 aromatic rings. The molecule has 1 aromatic heterocycles. The van der Waals surface area contributed by atoms with Gasteiger partial charge in [-0.25, -0.2) is 0 Å². The Morgan fingerprint density at radius 3 is 2.19 bits per heavy atom. The van der Waals surface area contributed by atoms with Crippen LogP contribution in [0.25, 0.3) is 27.6 Å². The predicted octanol–water partition coefficient (Wildman–Crippen LogP) is 9.49. The van der Waals surface area contributed by atoms with Gasteiger partial charge >= 0.3 is 0 Å². The number of carbonyl (C=O) groups is 1. The first-order chi connectivity index (χ1) is 17.9. The van der Waals surface area contributed by atoms with Crippen molar-refractivity contribution >= 4 is 54.2 Å². The highest BCUT2D eigenvalue weighted by atomic mass is 79.9. The van der Waals surface area contributed by atoms with E-state index in [2.05, 4.69) is 99.7 Å². The lowest BCUT2D eigenvalue weighted by molar-refractivity contribution is 0.102. The lowest BCUT2D eigenvalue weighted by Crippen LogP contribution is -2.23. The molecular weight excluding hydrogens is 588 g/mol. The smallest absolute Gasteiger partial charge is 0.273 e. The first-order valence-electron chi connectivity index (χ1n) is 12.6. The summed E-state index contributed by atoms with van der Waals surface area (Å²) in [7, 11) is 0. The molecule has 184 valence electrons. The Labute approximate surface area is 233 Å². The zero-order valence-corrected chi connectivity index (χ0v) is 23.9. The van der Waals surface area contributed by atoms with E-state index >= 15 is 0 Å². The first kappa shape index (κ1) is 24.2. The van der Waals surface area contributed by atoms with Crippen molar-refractivity contribution in [3.63, 3.8) is 0 Å². The van der Waals surface area contributed by atoms with Crippen LogP contribution in [0.5, 0.6) is 0 Å². The Balaban J connectivity index is 1.52. The Morgan fingerprint density at radius 1 is 0.811 bits per heavy atom. The second-order valence-electron chi connectivity index (χ2n) is 9.60. The van der Waals surface area contributed by atoms with Gasteiger partial charge in [0.1, 0.15) is 5.69 Å². The summed E-state index contributed by atoms with van der Waals surface area (Å²) < 4.78 is 4.13. The number of fused-ring (bicyclic) bond motifs is 4. The zero-order chi connectivity index (χ0) is 25.7. The fourth-order valence-electron chi connectivity index (χ4n) is 5.93. The van der Waals surface area contributed by atoms with Crippen molar-refractivity contribution in [2.75, 3.05) is 5.32 Å². The summed E-state index contributed by atoms with van der Waals surface area (Å²) in [6.45, 7) is 4.55. The summed E-state index contributed by atoms with van der Waals surface area (Å²) in [6.07, 6.45) is 4.09. The van der Waals surface area contributed by atoms with Crippen LogP contribution in [0.4, 0.5) is 5.69 Å². The van der Waals surface area contributed by atoms with E-state index in [0.29, 0.717) is 5.69 Å². The third-order valence-corrected chi connectivity index (χ3v) is 8.86. The van der Waals surface area contributed by atoms with Crippen LogP contribution in [0.1, 0.15) is 48.3 Å². The Kier molecular flexibility index (Phi) is 6.09. The van der Waals surface area contributed by atoms with Crippen LogP contribution < -0.4 is 5.32 Å². The summed E-state index contributed by atoms with van der Waals surface area (Å²) in [4.78, 5) is 13.7. The number of aromatic nitrogens is 1. The van der Waals surface area contributed by atoms with E-state index in [0.717, 1.165) is 43.9 Å². The Morgan fingerprint density at radius 2 is 1.46 bits per heavy atom. The highest BCUT2D eigenvalue weighted by Gasteiger charge is 2.40. The topological polar surface area (TPSA) is 34.0 Å². The molecule has 0 bridgehead atoms. The number of anilines is 1. The van der Waals surface area contributed by atoms with Crippen LogP contribution in [-0.4, -0.2) is 10.5 Å². The van der Waals surface area contributed by atoms with E-state index in [-0.39, 0.29) is 11.3 Å². The highest BCUT2D eigenvalue weighted by Crippen LogP contribution is 2.53. The average molecular weight is 614 g/mol. The largest absolute Gasteiger partial charge is 0.321 e. The molecular formula is C32H26Br2N2O. The summed E-state index contributed by atoms with van der Waals surface area (Å²) in [5.74, 6) is -0.131. The van der Waals surface area contributed by atoms with Crippen molar-refractivity contribution in [3.05, 3.63) is 117 Å². The van der Waals surface area contributed by atoms with Gasteiger partial charge in [0.2, 0.25) is 0 Å². The van der Waals surface area contributed by atoms with Gasteiger partial charge in [-0.3, -0.25) is 4.79 Å². The molecule has 5 heteroatoms. The van der Waals surface area contributed by atoms with Crippen molar-refractivity contribution in [2.24, 2.45) is 0 Å². The maximum Gasteiger partial charge on any atom is 0.273 e. The minimum atomic E-state index is -0.131. The lowest BCUT2D eigenvalue weighted by Gasteiger charge is -2.30. The van der Waals surface area contributed by atoms with Crippen molar-refractivity contribution in [1.82, 2.24) is 4.57 Å². The minimum absolute atomic E-state index is 0.0587. The maximum absolute atomic E-state index is 13.7. The van der Waals surface area contributed by atoms with Gasteiger partial charge in [0, 0.05) is 42.7 Å². The Bertz CT molecular complexity index is 1660. The molecule has 1 heterocycles. The van der Waals surface area contributed by atoms with Crippen molar-refractivity contribution in [3.8, 4) is 16.8 Å².